The number of aromatic nitrogens is 3. The smallest absolute Gasteiger partial charge is 0.278 e. The molecule has 148 valence electrons. The highest BCUT2D eigenvalue weighted by atomic mass is 32.1. The second kappa shape index (κ2) is 7.79. The van der Waals surface area contributed by atoms with Gasteiger partial charge in [0.05, 0.1) is 22.5 Å². The van der Waals surface area contributed by atoms with Crippen LogP contribution in [0.1, 0.15) is 39.8 Å². The predicted molar refractivity (Wildman–Crippen MR) is 119 cm³/mol. The van der Waals surface area contributed by atoms with Crippen molar-refractivity contribution in [3.05, 3.63) is 76.6 Å². The van der Waals surface area contributed by atoms with Crippen LogP contribution in [-0.2, 0) is 13.1 Å². The monoisotopic (exact) mass is 404 g/mol. The van der Waals surface area contributed by atoms with Crippen LogP contribution in [0.15, 0.2) is 48.5 Å². The molecule has 0 aliphatic carbocycles. The Morgan fingerprint density at radius 3 is 2.59 bits per heavy atom. The fourth-order valence-corrected chi connectivity index (χ4v) is 4.70. The molecule has 2 aromatic carbocycles. The summed E-state index contributed by atoms with van der Waals surface area (Å²) in [6.45, 7) is 9.17. The van der Waals surface area contributed by atoms with Gasteiger partial charge in [-0.2, -0.15) is 5.10 Å². The Bertz CT molecular complexity index is 1180. The van der Waals surface area contributed by atoms with Gasteiger partial charge in [0, 0.05) is 6.54 Å². The highest BCUT2D eigenvalue weighted by molar-refractivity contribution is 7.22. The van der Waals surface area contributed by atoms with Crippen molar-refractivity contribution in [1.82, 2.24) is 14.8 Å². The summed E-state index contributed by atoms with van der Waals surface area (Å²) in [5.74, 6) is -0.0789. The number of rotatable bonds is 5. The van der Waals surface area contributed by atoms with Crippen LogP contribution in [0.25, 0.3) is 10.2 Å². The number of nitrogens with zero attached hydrogens (tertiary/aromatic N) is 4. The minimum atomic E-state index is -0.0789. The van der Waals surface area contributed by atoms with Gasteiger partial charge in [-0.3, -0.25) is 14.4 Å². The van der Waals surface area contributed by atoms with Crippen molar-refractivity contribution in [2.45, 2.75) is 40.8 Å². The van der Waals surface area contributed by atoms with Crippen molar-refractivity contribution >= 4 is 32.6 Å². The zero-order valence-corrected chi connectivity index (χ0v) is 18.0. The summed E-state index contributed by atoms with van der Waals surface area (Å²) in [4.78, 5) is 20.2. The highest BCUT2D eigenvalue weighted by Crippen LogP contribution is 2.33. The van der Waals surface area contributed by atoms with Gasteiger partial charge in [0.15, 0.2) is 5.13 Å². The van der Waals surface area contributed by atoms with Gasteiger partial charge in [-0.05, 0) is 56.5 Å². The molecule has 4 aromatic rings. The number of amides is 1. The molecule has 2 aromatic heterocycles. The first kappa shape index (κ1) is 19.3. The molecule has 0 radical (unpaired) electrons. The average molecular weight is 405 g/mol. The zero-order chi connectivity index (χ0) is 20.5. The first-order valence-corrected chi connectivity index (χ1v) is 10.6. The Morgan fingerprint density at radius 1 is 1.10 bits per heavy atom. The molecule has 0 saturated heterocycles. The second-order valence-electron chi connectivity index (χ2n) is 7.29. The van der Waals surface area contributed by atoms with Crippen LogP contribution in [0, 0.1) is 20.8 Å². The molecule has 4 rings (SSSR count). The van der Waals surface area contributed by atoms with E-state index >= 15 is 0 Å². The lowest BCUT2D eigenvalue weighted by atomic mass is 10.1. The maximum atomic E-state index is 13.6. The molecule has 0 aliphatic rings. The van der Waals surface area contributed by atoms with Gasteiger partial charge >= 0.3 is 0 Å². The van der Waals surface area contributed by atoms with Gasteiger partial charge in [0.25, 0.3) is 5.91 Å². The number of anilines is 1. The summed E-state index contributed by atoms with van der Waals surface area (Å²) in [7, 11) is 0. The number of thiazole rings is 1. The molecule has 0 spiro atoms. The van der Waals surface area contributed by atoms with Crippen LogP contribution in [0.5, 0.6) is 0 Å². The molecule has 0 N–H and O–H groups in total. The van der Waals surface area contributed by atoms with E-state index in [1.165, 1.54) is 5.56 Å². The molecule has 0 aliphatic heterocycles. The number of carbonyl (C=O) groups is 1. The summed E-state index contributed by atoms with van der Waals surface area (Å²) >= 11 is 1.56. The van der Waals surface area contributed by atoms with Crippen molar-refractivity contribution in [3.8, 4) is 0 Å². The van der Waals surface area contributed by atoms with Crippen molar-refractivity contribution < 1.29 is 4.79 Å². The van der Waals surface area contributed by atoms with E-state index in [4.69, 9.17) is 4.98 Å². The van der Waals surface area contributed by atoms with Crippen LogP contribution < -0.4 is 4.90 Å². The van der Waals surface area contributed by atoms with Crippen LogP contribution in [-0.4, -0.2) is 20.7 Å². The molecule has 0 fully saturated rings. The van der Waals surface area contributed by atoms with Gasteiger partial charge in [-0.25, -0.2) is 4.98 Å². The largest absolute Gasteiger partial charge is 0.278 e. The molecule has 2 heterocycles. The Hall–Kier alpha value is -2.99. The predicted octanol–water partition coefficient (Wildman–Crippen LogP) is 5.28. The molecular weight excluding hydrogens is 380 g/mol. The fraction of sp³-hybridized carbons (Fsp3) is 0.261. The summed E-state index contributed by atoms with van der Waals surface area (Å²) in [6.07, 6.45) is 0. The minimum Gasteiger partial charge on any atom is -0.278 e. The number of aryl methyl sites for hydroxylation is 4. The zero-order valence-electron chi connectivity index (χ0n) is 17.1. The molecule has 29 heavy (non-hydrogen) atoms. The summed E-state index contributed by atoms with van der Waals surface area (Å²) in [6, 6.07) is 16.1. The van der Waals surface area contributed by atoms with Gasteiger partial charge in [-0.1, -0.05) is 47.7 Å². The fourth-order valence-electron chi connectivity index (χ4n) is 3.56. The number of carbonyl (C=O) groups excluding carboxylic acids is 1. The molecule has 6 heteroatoms. The molecule has 0 saturated carbocycles. The number of hydrogen-bond donors (Lipinski definition) is 0. The quantitative estimate of drug-likeness (QED) is 0.454. The van der Waals surface area contributed by atoms with E-state index in [2.05, 4.69) is 31.1 Å². The van der Waals surface area contributed by atoms with E-state index in [1.807, 2.05) is 50.2 Å². The van der Waals surface area contributed by atoms with Crippen molar-refractivity contribution in [2.75, 3.05) is 4.90 Å². The number of benzene rings is 2. The third-order valence-electron chi connectivity index (χ3n) is 4.90. The third kappa shape index (κ3) is 3.80. The van der Waals surface area contributed by atoms with Crippen molar-refractivity contribution in [3.63, 3.8) is 0 Å². The van der Waals surface area contributed by atoms with E-state index < -0.39 is 0 Å². The van der Waals surface area contributed by atoms with Crippen LogP contribution in [0.4, 0.5) is 5.13 Å². The Kier molecular flexibility index (Phi) is 5.20. The summed E-state index contributed by atoms with van der Waals surface area (Å²) < 4.78 is 2.86. The Morgan fingerprint density at radius 2 is 1.86 bits per heavy atom. The van der Waals surface area contributed by atoms with E-state index in [-0.39, 0.29) is 5.91 Å². The maximum Gasteiger partial charge on any atom is 0.278 e. The second-order valence-corrected chi connectivity index (χ2v) is 8.30. The molecule has 5 nitrogen and oxygen atoms in total. The van der Waals surface area contributed by atoms with Crippen LogP contribution >= 0.6 is 11.3 Å². The topological polar surface area (TPSA) is 51.0 Å². The first-order chi connectivity index (χ1) is 14.0. The molecule has 1 amide bonds. The van der Waals surface area contributed by atoms with E-state index in [0.717, 1.165) is 27.0 Å². The normalized spacial score (nSPS) is 11.2. The van der Waals surface area contributed by atoms with E-state index in [9.17, 15) is 4.79 Å². The molecule has 0 atom stereocenters. The Balaban J connectivity index is 1.82. The SMILES string of the molecule is CCn1nc(C)cc1C(=O)N(Cc1ccccc1)c1nc2c(C)cc(C)cc2s1. The van der Waals surface area contributed by atoms with Gasteiger partial charge in [0.2, 0.25) is 0 Å². The summed E-state index contributed by atoms with van der Waals surface area (Å²) in [5.41, 5.74) is 5.78. The van der Waals surface area contributed by atoms with Crippen LogP contribution in [0.3, 0.4) is 0 Å². The number of fused-ring (bicyclic) bond motifs is 1. The first-order valence-electron chi connectivity index (χ1n) is 9.74. The van der Waals surface area contributed by atoms with Gasteiger partial charge in [0.1, 0.15) is 5.69 Å². The minimum absolute atomic E-state index is 0.0789. The molecule has 0 bridgehead atoms. The lowest BCUT2D eigenvalue weighted by Gasteiger charge is -2.20. The van der Waals surface area contributed by atoms with Crippen molar-refractivity contribution in [1.29, 1.82) is 0 Å². The lowest BCUT2D eigenvalue weighted by molar-refractivity contribution is 0.0975. The third-order valence-corrected chi connectivity index (χ3v) is 5.92. The van der Waals surface area contributed by atoms with E-state index in [0.29, 0.717) is 23.9 Å². The molecule has 0 unspecified atom stereocenters. The maximum absolute atomic E-state index is 13.6. The van der Waals surface area contributed by atoms with Crippen LogP contribution in [0.2, 0.25) is 0 Å². The molecular formula is C23H24N4OS. The van der Waals surface area contributed by atoms with Gasteiger partial charge in [-0.15, -0.1) is 0 Å². The van der Waals surface area contributed by atoms with Crippen molar-refractivity contribution in [2.24, 2.45) is 0 Å². The number of hydrogen-bond acceptors (Lipinski definition) is 4. The van der Waals surface area contributed by atoms with E-state index in [1.54, 1.807) is 20.9 Å². The summed E-state index contributed by atoms with van der Waals surface area (Å²) in [5, 5.41) is 5.17. The average Bonchev–Trinajstić information content (AvgIpc) is 3.29. The lowest BCUT2D eigenvalue weighted by Crippen LogP contribution is -2.32. The standard InChI is InChI=1S/C23H24N4OS/c1-5-27-19(13-17(4)25-27)22(28)26(14-18-9-7-6-8-10-18)23-24-21-16(3)11-15(2)12-20(21)29-23/h6-13H,5,14H2,1-4H3. The Labute approximate surface area is 174 Å². The van der Waals surface area contributed by atoms with Gasteiger partial charge < -0.3 is 0 Å². The highest BCUT2D eigenvalue weighted by Gasteiger charge is 2.25.